The van der Waals surface area contributed by atoms with E-state index in [2.05, 4.69) is 10.0 Å². The van der Waals surface area contributed by atoms with E-state index in [0.29, 0.717) is 6.61 Å². The molecule has 0 radical (unpaired) electrons. The second-order valence-electron chi connectivity index (χ2n) is 14.9. The molecule has 5 aromatic rings. The highest BCUT2D eigenvalue weighted by Crippen LogP contribution is 2.43. The molecule has 1 saturated heterocycles. The summed E-state index contributed by atoms with van der Waals surface area (Å²) in [5, 5.41) is 15.0. The van der Waals surface area contributed by atoms with E-state index in [4.69, 9.17) is 52.5 Å². The van der Waals surface area contributed by atoms with Gasteiger partial charge in [-0.3, -0.25) is 9.05 Å². The van der Waals surface area contributed by atoms with Crippen LogP contribution in [0.15, 0.2) is 157 Å². The molecule has 346 valence electrons. The summed E-state index contributed by atoms with van der Waals surface area (Å²) in [5.74, 6) is 0. The van der Waals surface area contributed by atoms with Gasteiger partial charge in [-0.15, -0.1) is 0 Å². The van der Waals surface area contributed by atoms with Gasteiger partial charge in [0.2, 0.25) is 0 Å². The minimum Gasteiger partial charge on any atom is -0.387 e. The molecule has 16 nitrogen and oxygen atoms in total. The fourth-order valence-corrected chi connectivity index (χ4v) is 7.36. The van der Waals surface area contributed by atoms with E-state index in [9.17, 15) is 14.6 Å². The Bertz CT molecular complexity index is 2150. The maximum absolute atomic E-state index is 13.2. The maximum atomic E-state index is 13.2. The van der Waals surface area contributed by atoms with E-state index >= 15 is 0 Å². The Balaban J connectivity index is 1.26. The Morgan fingerprint density at radius 3 is 1.62 bits per heavy atom. The predicted octanol–water partition coefficient (Wildman–Crippen LogP) is 8.07. The van der Waals surface area contributed by atoms with E-state index in [1.807, 2.05) is 152 Å². The number of azide groups is 1. The van der Waals surface area contributed by atoms with Gasteiger partial charge in [0, 0.05) is 11.5 Å². The van der Waals surface area contributed by atoms with E-state index in [1.165, 1.54) is 0 Å². The van der Waals surface area contributed by atoms with Crippen molar-refractivity contribution in [3.63, 3.8) is 0 Å². The average molecular weight is 914 g/mol. The molecule has 8 atom stereocenters. The first-order valence-corrected chi connectivity index (χ1v) is 22.8. The first-order valence-electron chi connectivity index (χ1n) is 21.3. The van der Waals surface area contributed by atoms with E-state index in [-0.39, 0.29) is 52.8 Å². The number of hydrogen-bond donors (Lipinski definition) is 2. The van der Waals surface area contributed by atoms with Crippen LogP contribution < -0.4 is 0 Å². The first kappa shape index (κ1) is 49.6. The Labute approximate surface area is 379 Å². The van der Waals surface area contributed by atoms with Gasteiger partial charge in [-0.25, -0.2) is 4.57 Å². The largest absolute Gasteiger partial charge is 0.474 e. The number of phosphoric acid groups is 1. The maximum Gasteiger partial charge on any atom is 0.474 e. The zero-order valence-electron chi connectivity index (χ0n) is 35.9. The summed E-state index contributed by atoms with van der Waals surface area (Å²) in [6.45, 7) is -0.464. The van der Waals surface area contributed by atoms with Gasteiger partial charge in [0.15, 0.2) is 13.1 Å². The van der Waals surface area contributed by atoms with Gasteiger partial charge in [0.1, 0.15) is 36.6 Å². The Morgan fingerprint density at radius 1 is 0.615 bits per heavy atom. The molecule has 17 heteroatoms. The number of benzene rings is 5. The highest BCUT2D eigenvalue weighted by Gasteiger charge is 2.46. The quantitative estimate of drug-likeness (QED) is 0.0112. The average Bonchev–Trinajstić information content (AvgIpc) is 3.64. The Morgan fingerprint density at radius 2 is 1.09 bits per heavy atom. The third kappa shape index (κ3) is 17.5. The van der Waals surface area contributed by atoms with Crippen LogP contribution in [-0.2, 0) is 84.5 Å². The van der Waals surface area contributed by atoms with Gasteiger partial charge in [-0.2, -0.15) is 0 Å². The highest BCUT2D eigenvalue weighted by atomic mass is 31.2. The second kappa shape index (κ2) is 27.6. The zero-order chi connectivity index (χ0) is 45.4. The lowest BCUT2D eigenvalue weighted by molar-refractivity contribution is -0.222. The number of hydrogen-bond acceptors (Lipinski definition) is 13. The van der Waals surface area contributed by atoms with Crippen molar-refractivity contribution in [1.82, 2.24) is 0 Å². The van der Waals surface area contributed by atoms with Crippen LogP contribution in [0, 0.1) is 0 Å². The van der Waals surface area contributed by atoms with Crippen molar-refractivity contribution < 1.29 is 61.5 Å². The van der Waals surface area contributed by atoms with Crippen molar-refractivity contribution in [1.29, 1.82) is 0 Å². The van der Waals surface area contributed by atoms with E-state index in [1.54, 1.807) is 0 Å². The molecule has 1 aliphatic rings. The van der Waals surface area contributed by atoms with Crippen LogP contribution in [0.3, 0.4) is 0 Å². The minimum absolute atomic E-state index is 0.00612. The number of ether oxygens (including phenoxy) is 8. The van der Waals surface area contributed by atoms with Crippen LogP contribution in [0.5, 0.6) is 0 Å². The Kier molecular flexibility index (Phi) is 21.1. The number of aliphatic hydroxyl groups excluding tert-OH is 1. The third-order valence-corrected chi connectivity index (χ3v) is 11.0. The molecular formula is C48H56N3O13P. The molecule has 0 spiro atoms. The second-order valence-corrected chi connectivity index (χ2v) is 16.4. The first-order chi connectivity index (χ1) is 31.9. The molecule has 0 amide bonds. The molecule has 0 aromatic heterocycles. The summed E-state index contributed by atoms with van der Waals surface area (Å²) in [6, 6.07) is 47.7. The summed E-state index contributed by atoms with van der Waals surface area (Å²) in [5.41, 5.74) is 12.9. The van der Waals surface area contributed by atoms with Crippen molar-refractivity contribution in [3.05, 3.63) is 190 Å². The molecule has 1 aliphatic heterocycles. The summed E-state index contributed by atoms with van der Waals surface area (Å²) in [6.07, 6.45) is -6.98. The summed E-state index contributed by atoms with van der Waals surface area (Å²) in [4.78, 5) is 13.4. The fourth-order valence-electron chi connectivity index (χ4n) is 6.74. The van der Waals surface area contributed by atoms with E-state index < -0.39 is 64.1 Å². The van der Waals surface area contributed by atoms with Crippen LogP contribution in [0.2, 0.25) is 0 Å². The molecule has 1 heterocycles. The van der Waals surface area contributed by atoms with Crippen molar-refractivity contribution in [2.45, 2.75) is 75.9 Å². The number of nitrogens with zero attached hydrogens (tertiary/aromatic N) is 3. The molecule has 5 unspecified atom stereocenters. The normalized spacial score (nSPS) is 19.5. The molecule has 6 rings (SSSR count). The van der Waals surface area contributed by atoms with Crippen molar-refractivity contribution in [3.8, 4) is 0 Å². The molecule has 65 heavy (non-hydrogen) atoms. The van der Waals surface area contributed by atoms with Crippen LogP contribution in [0.25, 0.3) is 10.4 Å². The van der Waals surface area contributed by atoms with Crippen LogP contribution in [-0.4, -0.2) is 92.7 Å². The lowest BCUT2D eigenvalue weighted by Crippen LogP contribution is -2.48. The summed E-state index contributed by atoms with van der Waals surface area (Å²) < 4.78 is 74.1. The summed E-state index contributed by atoms with van der Waals surface area (Å²) >= 11 is 0. The topological polar surface area (TPSA) is 199 Å². The molecule has 5 aromatic carbocycles. The number of phosphoric ester groups is 1. The lowest BCUT2D eigenvalue weighted by atomic mass is 10.1. The van der Waals surface area contributed by atoms with Crippen LogP contribution in [0.1, 0.15) is 27.8 Å². The number of aliphatic hydroxyl groups is 1. The van der Waals surface area contributed by atoms with Gasteiger partial charge in [0.25, 0.3) is 0 Å². The van der Waals surface area contributed by atoms with Gasteiger partial charge in [-0.05, 0) is 33.3 Å². The molecular weight excluding hydrogens is 858 g/mol. The SMILES string of the molecule is [N-]=[N+]=NCCOCOP(=O)(O)OCC(OCc1ccccc1)C(OCc1ccccc1)C(CO[C@@H]1O[C@H](COCc2ccccc2)[C@H](O)C1OCc1ccccc1)OCc1ccccc1. The van der Waals surface area contributed by atoms with Crippen LogP contribution in [0.4, 0.5) is 0 Å². The predicted molar refractivity (Wildman–Crippen MR) is 238 cm³/mol. The molecule has 2 N–H and O–H groups in total. The number of rotatable bonds is 30. The van der Waals surface area contributed by atoms with Crippen LogP contribution >= 0.6 is 7.82 Å². The zero-order valence-corrected chi connectivity index (χ0v) is 36.8. The summed E-state index contributed by atoms with van der Waals surface area (Å²) in [7, 11) is -4.74. The third-order valence-electron chi connectivity index (χ3n) is 10.1. The van der Waals surface area contributed by atoms with Gasteiger partial charge >= 0.3 is 7.82 Å². The fraction of sp³-hybridized carbons (Fsp3) is 0.375. The molecule has 0 bridgehead atoms. The Hall–Kier alpha value is -4.84. The van der Waals surface area contributed by atoms with E-state index in [0.717, 1.165) is 27.8 Å². The molecule has 0 aliphatic carbocycles. The van der Waals surface area contributed by atoms with Crippen molar-refractivity contribution >= 4 is 7.82 Å². The standard InChI is InChI=1S/C48H56N3O13P/c49-51-50-26-27-55-36-63-65(53,54)62-35-44(58-30-39-20-10-3-11-21-39)46(59-31-40-22-12-4-13-23-40)43(57-29-38-18-8-2-9-19-38)34-61-48-47(60-32-41-24-14-5-15-25-41)45(52)42(64-48)33-56-28-37-16-6-1-7-17-37/h1-25,42-48,52H,26-36H2,(H,53,54)/t42-,43?,44?,45+,46?,47?,48-/m1/s1. The minimum atomic E-state index is -4.74. The molecule has 0 saturated carbocycles. The van der Waals surface area contributed by atoms with Gasteiger partial charge in [0.05, 0.1) is 59.5 Å². The van der Waals surface area contributed by atoms with Gasteiger partial charge < -0.3 is 47.9 Å². The van der Waals surface area contributed by atoms with Crippen molar-refractivity contribution in [2.24, 2.45) is 5.11 Å². The molecule has 1 fully saturated rings. The lowest BCUT2D eigenvalue weighted by Gasteiger charge is -2.34. The van der Waals surface area contributed by atoms with Gasteiger partial charge in [-0.1, -0.05) is 157 Å². The monoisotopic (exact) mass is 913 g/mol. The smallest absolute Gasteiger partial charge is 0.387 e. The highest BCUT2D eigenvalue weighted by molar-refractivity contribution is 7.47. The van der Waals surface area contributed by atoms with Crippen molar-refractivity contribution in [2.75, 3.05) is 39.8 Å².